The zero-order valence-corrected chi connectivity index (χ0v) is 14.5. The zero-order valence-electron chi connectivity index (χ0n) is 13.6. The van der Waals surface area contributed by atoms with Gasteiger partial charge in [0.2, 0.25) is 10.0 Å². The molecule has 0 fully saturated rings. The largest absolute Gasteiger partial charge is 0.434 e. The smallest absolute Gasteiger partial charge is 0.322 e. The minimum atomic E-state index is -5.41. The summed E-state index contributed by atoms with van der Waals surface area (Å²) in [4.78, 5) is 11.5. The van der Waals surface area contributed by atoms with E-state index in [9.17, 15) is 35.2 Å². The lowest BCUT2D eigenvalue weighted by atomic mass is 10.2. The van der Waals surface area contributed by atoms with Gasteiger partial charge >= 0.3 is 6.18 Å². The summed E-state index contributed by atoms with van der Waals surface area (Å²) in [5, 5.41) is 2.40. The number of rotatable bonds is 5. The number of hydrogen-bond donors (Lipinski definition) is 2. The van der Waals surface area contributed by atoms with Crippen molar-refractivity contribution in [2.75, 3.05) is 5.32 Å². The van der Waals surface area contributed by atoms with E-state index in [1.54, 1.807) is 0 Å². The zero-order chi connectivity index (χ0) is 20.4. The third kappa shape index (κ3) is 5.23. The molecular weight excluding hydrogens is 395 g/mol. The Hall–Kier alpha value is -2.53. The van der Waals surface area contributed by atoms with Crippen LogP contribution in [0.2, 0.25) is 0 Å². The number of anilines is 1. The van der Waals surface area contributed by atoms with Crippen molar-refractivity contribution >= 4 is 21.6 Å². The van der Waals surface area contributed by atoms with Crippen molar-refractivity contribution in [2.45, 2.75) is 24.3 Å². The molecule has 1 amide bonds. The van der Waals surface area contributed by atoms with Crippen LogP contribution in [0.4, 0.5) is 27.6 Å². The number of halogens is 5. The molecule has 0 aliphatic rings. The minimum Gasteiger partial charge on any atom is -0.322 e. The maximum atomic E-state index is 13.2. The third-order valence-corrected chi connectivity index (χ3v) is 4.76. The molecule has 0 aromatic heterocycles. The topological polar surface area (TPSA) is 75.3 Å². The first-order valence-corrected chi connectivity index (χ1v) is 8.79. The monoisotopic (exact) mass is 408 g/mol. The van der Waals surface area contributed by atoms with E-state index in [-0.39, 0.29) is 16.8 Å². The molecule has 0 aliphatic carbocycles. The Kier molecular flexibility index (Phi) is 5.85. The number of hydrogen-bond acceptors (Lipinski definition) is 3. The molecule has 0 heterocycles. The fraction of sp³-hybridized carbons (Fsp3) is 0.188. The van der Waals surface area contributed by atoms with E-state index in [1.807, 2.05) is 0 Å². The van der Waals surface area contributed by atoms with Crippen LogP contribution in [0.3, 0.4) is 0 Å². The lowest BCUT2D eigenvalue weighted by molar-refractivity contribution is -0.183. The Morgan fingerprint density at radius 2 is 1.78 bits per heavy atom. The van der Waals surface area contributed by atoms with Crippen molar-refractivity contribution in [3.8, 4) is 0 Å². The highest BCUT2D eigenvalue weighted by atomic mass is 32.2. The van der Waals surface area contributed by atoms with Crippen molar-refractivity contribution in [1.29, 1.82) is 0 Å². The van der Waals surface area contributed by atoms with Gasteiger partial charge in [-0.3, -0.25) is 4.79 Å². The Morgan fingerprint density at radius 1 is 1.11 bits per heavy atom. The Labute approximate surface area is 151 Å². The standard InChI is InChI=1S/C16H13F5N2O3S/c1-9-7-11(5-6-13(9)17)22-14(24)10-3-2-4-12(8-10)27(25,26)23-15(18)16(19,20)21/h2-8,15,23H,1H3,(H,22,24)/t15-/m1/s1. The van der Waals surface area contributed by atoms with E-state index in [0.717, 1.165) is 29.0 Å². The molecule has 11 heteroatoms. The predicted molar refractivity (Wildman–Crippen MR) is 86.8 cm³/mol. The van der Waals surface area contributed by atoms with Crippen LogP contribution in [0.25, 0.3) is 0 Å². The van der Waals surface area contributed by atoms with Crippen LogP contribution in [0.15, 0.2) is 47.4 Å². The normalized spacial score (nSPS) is 13.3. The van der Waals surface area contributed by atoms with Crippen molar-refractivity contribution in [2.24, 2.45) is 0 Å². The van der Waals surface area contributed by atoms with Crippen LogP contribution in [-0.2, 0) is 10.0 Å². The van der Waals surface area contributed by atoms with E-state index in [0.29, 0.717) is 0 Å². The molecule has 2 rings (SSSR count). The average molecular weight is 408 g/mol. The molecule has 146 valence electrons. The number of aryl methyl sites for hydroxylation is 1. The molecule has 0 saturated heterocycles. The summed E-state index contributed by atoms with van der Waals surface area (Å²) in [5.74, 6) is -1.27. The van der Waals surface area contributed by atoms with Crippen LogP contribution in [0, 0.1) is 12.7 Å². The molecular formula is C16H13F5N2O3S. The molecule has 5 nitrogen and oxygen atoms in total. The SMILES string of the molecule is Cc1cc(NC(=O)c2cccc(S(=O)(=O)N[C@@H](F)C(F)(F)F)c2)ccc1F. The lowest BCUT2D eigenvalue weighted by Gasteiger charge is -2.14. The quantitative estimate of drug-likeness (QED) is 0.587. The van der Waals surface area contributed by atoms with Crippen LogP contribution < -0.4 is 10.0 Å². The van der Waals surface area contributed by atoms with Crippen LogP contribution >= 0.6 is 0 Å². The van der Waals surface area contributed by atoms with Gasteiger partial charge in [-0.2, -0.15) is 17.9 Å². The average Bonchev–Trinajstić information content (AvgIpc) is 2.57. The number of nitrogens with one attached hydrogen (secondary N) is 2. The van der Waals surface area contributed by atoms with E-state index in [4.69, 9.17) is 0 Å². The van der Waals surface area contributed by atoms with E-state index in [1.165, 1.54) is 25.1 Å². The Morgan fingerprint density at radius 3 is 2.37 bits per heavy atom. The van der Waals surface area contributed by atoms with Crippen LogP contribution in [0.1, 0.15) is 15.9 Å². The number of alkyl halides is 4. The molecule has 0 spiro atoms. The molecule has 27 heavy (non-hydrogen) atoms. The molecule has 1 atom stereocenters. The van der Waals surface area contributed by atoms with E-state index < -0.39 is 39.1 Å². The number of sulfonamides is 1. The highest BCUT2D eigenvalue weighted by Crippen LogP contribution is 2.23. The van der Waals surface area contributed by atoms with Gasteiger partial charge in [-0.25, -0.2) is 17.2 Å². The molecule has 0 aliphatic heterocycles. The first kappa shape index (κ1) is 20.8. The van der Waals surface area contributed by atoms with Gasteiger partial charge in [-0.1, -0.05) is 6.07 Å². The molecule has 0 bridgehead atoms. The summed E-state index contributed by atoms with van der Waals surface area (Å²) in [6, 6.07) is 7.75. The van der Waals surface area contributed by atoms with Crippen molar-refractivity contribution in [3.05, 3.63) is 59.4 Å². The first-order chi connectivity index (χ1) is 12.4. The number of carbonyl (C=O) groups excluding carboxylic acids is 1. The number of carbonyl (C=O) groups is 1. The van der Waals surface area contributed by atoms with E-state index in [2.05, 4.69) is 5.32 Å². The Bertz CT molecular complexity index is 961. The first-order valence-electron chi connectivity index (χ1n) is 7.31. The molecule has 2 aromatic carbocycles. The van der Waals surface area contributed by atoms with Crippen molar-refractivity contribution in [3.63, 3.8) is 0 Å². The second kappa shape index (κ2) is 7.61. The summed E-state index contributed by atoms with van der Waals surface area (Å²) < 4.78 is 87.5. The summed E-state index contributed by atoms with van der Waals surface area (Å²) >= 11 is 0. The molecule has 0 unspecified atom stereocenters. The molecule has 0 radical (unpaired) electrons. The molecule has 2 aromatic rings. The van der Waals surface area contributed by atoms with Gasteiger partial charge in [0.1, 0.15) is 5.82 Å². The van der Waals surface area contributed by atoms with Gasteiger partial charge in [0, 0.05) is 11.3 Å². The Balaban J connectivity index is 2.23. The fourth-order valence-corrected chi connectivity index (χ4v) is 3.08. The maximum Gasteiger partial charge on any atom is 0.434 e. The van der Waals surface area contributed by atoms with Gasteiger partial charge in [-0.15, -0.1) is 0 Å². The summed E-state index contributed by atoms with van der Waals surface area (Å²) in [7, 11) is -4.86. The second-order valence-corrected chi connectivity index (χ2v) is 7.19. The molecule has 2 N–H and O–H groups in total. The van der Waals surface area contributed by atoms with Gasteiger partial charge in [0.25, 0.3) is 12.2 Å². The van der Waals surface area contributed by atoms with Gasteiger partial charge in [0.05, 0.1) is 4.90 Å². The maximum absolute atomic E-state index is 13.2. The summed E-state index contributed by atoms with van der Waals surface area (Å²) in [5.41, 5.74) is 0.280. The third-order valence-electron chi connectivity index (χ3n) is 3.37. The molecule has 0 saturated carbocycles. The van der Waals surface area contributed by atoms with Gasteiger partial charge in [0.15, 0.2) is 0 Å². The number of benzene rings is 2. The van der Waals surface area contributed by atoms with Gasteiger partial charge in [-0.05, 0) is 48.9 Å². The predicted octanol–water partition coefficient (Wildman–Crippen LogP) is 3.52. The summed E-state index contributed by atoms with van der Waals surface area (Å²) in [6.07, 6.45) is -9.20. The number of amides is 1. The lowest BCUT2D eigenvalue weighted by Crippen LogP contribution is -2.42. The minimum absolute atomic E-state index is 0.206. The van der Waals surface area contributed by atoms with Crippen LogP contribution in [0.5, 0.6) is 0 Å². The van der Waals surface area contributed by atoms with Gasteiger partial charge < -0.3 is 5.32 Å². The van der Waals surface area contributed by atoms with Crippen LogP contribution in [-0.4, -0.2) is 26.8 Å². The van der Waals surface area contributed by atoms with E-state index >= 15 is 0 Å². The fourth-order valence-electron chi connectivity index (χ4n) is 2.00. The van der Waals surface area contributed by atoms with Crippen molar-refractivity contribution < 1.29 is 35.2 Å². The van der Waals surface area contributed by atoms with Crippen molar-refractivity contribution in [1.82, 2.24) is 4.72 Å². The second-order valence-electron chi connectivity index (χ2n) is 5.47. The summed E-state index contributed by atoms with van der Waals surface area (Å²) in [6.45, 7) is 1.47. The highest BCUT2D eigenvalue weighted by molar-refractivity contribution is 7.89. The highest BCUT2D eigenvalue weighted by Gasteiger charge is 2.43.